The molecule has 2 fully saturated rings. The monoisotopic (exact) mass is 565 g/mol. The second-order valence-corrected chi connectivity index (χ2v) is 11.0. The predicted octanol–water partition coefficient (Wildman–Crippen LogP) is 6.25. The average Bonchev–Trinajstić information content (AvgIpc) is 3.36. The highest BCUT2D eigenvalue weighted by Gasteiger charge is 2.47. The van der Waals surface area contributed by atoms with Gasteiger partial charge in [-0.25, -0.2) is 4.39 Å². The Hall–Kier alpha value is -4.25. The zero-order chi connectivity index (χ0) is 28.9. The van der Waals surface area contributed by atoms with Crippen LogP contribution in [0.15, 0.2) is 60.9 Å². The molecular weight excluding hydrogens is 538 g/mol. The number of hydrogen-bond acceptors (Lipinski definition) is 5. The number of aryl methyl sites for hydroxylation is 1. The molecule has 212 valence electrons. The van der Waals surface area contributed by atoms with Crippen molar-refractivity contribution in [3.05, 3.63) is 83.4 Å². The molecule has 1 amide bonds. The number of benzene rings is 3. The molecule has 1 saturated heterocycles. The van der Waals surface area contributed by atoms with Crippen LogP contribution in [0.3, 0.4) is 0 Å². The van der Waals surface area contributed by atoms with Gasteiger partial charge in [-0.3, -0.25) is 9.69 Å². The quantitative estimate of drug-likeness (QED) is 0.213. The molecule has 4 aromatic rings. The third-order valence-corrected chi connectivity index (χ3v) is 7.97. The summed E-state index contributed by atoms with van der Waals surface area (Å²) in [6, 6.07) is 12.9. The molecule has 1 spiro atoms. The van der Waals surface area contributed by atoms with Crippen LogP contribution in [-0.4, -0.2) is 43.8 Å². The maximum atomic E-state index is 14.2. The van der Waals surface area contributed by atoms with Crippen LogP contribution in [0.2, 0.25) is 0 Å². The van der Waals surface area contributed by atoms with Gasteiger partial charge in [0.2, 0.25) is 0 Å². The summed E-state index contributed by atoms with van der Waals surface area (Å²) in [5.41, 5.74) is 0.904. The zero-order valence-electron chi connectivity index (χ0n) is 22.2. The molecule has 41 heavy (non-hydrogen) atoms. The molecule has 2 heterocycles. The van der Waals surface area contributed by atoms with Gasteiger partial charge in [0.05, 0.1) is 11.3 Å². The fourth-order valence-electron chi connectivity index (χ4n) is 5.61. The number of aromatic nitrogens is 3. The number of rotatable bonds is 6. The highest BCUT2D eigenvalue weighted by molar-refractivity contribution is 6.06. The van der Waals surface area contributed by atoms with Gasteiger partial charge >= 0.3 is 6.18 Å². The standard InChI is InChI=1S/C30H27F4N5O2/c1-38-17-35-37-27(38)23-14-21(31)5-6-22(23)19-3-2-4-20(13-19)28(41)36-25-12-18(11-24(26(25)40)30(32,33)34)15-39-10-9-29(16-39)7-8-29/h2-6,11-14,17,40H,7-10,15-16H2,1H3,(H,36,41). The van der Waals surface area contributed by atoms with Crippen LogP contribution in [0, 0.1) is 11.2 Å². The van der Waals surface area contributed by atoms with E-state index >= 15 is 0 Å². The van der Waals surface area contributed by atoms with Crippen LogP contribution in [0.1, 0.15) is 40.7 Å². The lowest BCUT2D eigenvalue weighted by atomic mass is 9.97. The lowest BCUT2D eigenvalue weighted by Crippen LogP contribution is -2.21. The van der Waals surface area contributed by atoms with E-state index in [0.717, 1.165) is 38.4 Å². The van der Waals surface area contributed by atoms with Gasteiger partial charge in [-0.15, -0.1) is 10.2 Å². The Balaban J connectivity index is 1.30. The Morgan fingerprint density at radius 1 is 1.07 bits per heavy atom. The molecule has 1 aliphatic heterocycles. The van der Waals surface area contributed by atoms with Gasteiger partial charge < -0.3 is 15.0 Å². The number of nitrogens with zero attached hydrogens (tertiary/aromatic N) is 4. The van der Waals surface area contributed by atoms with Gasteiger partial charge in [0.25, 0.3) is 5.91 Å². The first kappa shape index (κ1) is 26.9. The summed E-state index contributed by atoms with van der Waals surface area (Å²) in [4.78, 5) is 15.4. The van der Waals surface area contributed by atoms with E-state index in [9.17, 15) is 27.5 Å². The Morgan fingerprint density at radius 2 is 1.88 bits per heavy atom. The Labute approximate surface area is 233 Å². The molecule has 2 N–H and O–H groups in total. The third-order valence-electron chi connectivity index (χ3n) is 7.97. The maximum Gasteiger partial charge on any atom is 0.420 e. The number of nitrogens with one attached hydrogen (secondary N) is 1. The topological polar surface area (TPSA) is 83.3 Å². The van der Waals surface area contributed by atoms with Crippen molar-refractivity contribution in [2.24, 2.45) is 12.5 Å². The number of carbonyl (C=O) groups is 1. The largest absolute Gasteiger partial charge is 0.505 e. The van der Waals surface area contributed by atoms with Crippen molar-refractivity contribution in [2.75, 3.05) is 18.4 Å². The first-order valence-electron chi connectivity index (χ1n) is 13.2. The van der Waals surface area contributed by atoms with Gasteiger partial charge in [-0.1, -0.05) is 18.2 Å². The fraction of sp³-hybridized carbons (Fsp3) is 0.300. The zero-order valence-corrected chi connectivity index (χ0v) is 22.2. The number of halogens is 4. The molecular formula is C30H27F4N5O2. The normalized spacial score (nSPS) is 16.3. The molecule has 3 aromatic carbocycles. The minimum absolute atomic E-state index is 0.143. The number of amides is 1. The van der Waals surface area contributed by atoms with Crippen LogP contribution in [0.25, 0.3) is 22.5 Å². The minimum Gasteiger partial charge on any atom is -0.505 e. The van der Waals surface area contributed by atoms with Crippen molar-refractivity contribution in [3.63, 3.8) is 0 Å². The van der Waals surface area contributed by atoms with E-state index in [1.807, 2.05) is 0 Å². The Bertz CT molecular complexity index is 1640. The first-order chi connectivity index (χ1) is 19.5. The molecule has 1 saturated carbocycles. The van der Waals surface area contributed by atoms with Gasteiger partial charge in [0.1, 0.15) is 12.1 Å². The summed E-state index contributed by atoms with van der Waals surface area (Å²) in [6.07, 6.45) is -0.00148. The van der Waals surface area contributed by atoms with Gasteiger partial charge in [0, 0.05) is 31.3 Å². The molecule has 0 bridgehead atoms. The number of aromatic hydroxyl groups is 1. The highest BCUT2D eigenvalue weighted by Crippen LogP contribution is 2.53. The number of carbonyl (C=O) groups excluding carboxylic acids is 1. The van der Waals surface area contributed by atoms with Crippen molar-refractivity contribution in [2.45, 2.75) is 32.0 Å². The highest BCUT2D eigenvalue weighted by atomic mass is 19.4. The maximum absolute atomic E-state index is 14.2. The molecule has 7 nitrogen and oxygen atoms in total. The average molecular weight is 566 g/mol. The van der Waals surface area contributed by atoms with Crippen molar-refractivity contribution in [1.82, 2.24) is 19.7 Å². The molecule has 0 unspecified atom stereocenters. The Morgan fingerprint density at radius 3 is 2.56 bits per heavy atom. The molecule has 6 rings (SSSR count). The summed E-state index contributed by atoms with van der Waals surface area (Å²) in [6.45, 7) is 1.93. The molecule has 0 atom stereocenters. The summed E-state index contributed by atoms with van der Waals surface area (Å²) in [5.74, 6) is -1.79. The van der Waals surface area contributed by atoms with Crippen molar-refractivity contribution >= 4 is 11.6 Å². The van der Waals surface area contributed by atoms with Crippen molar-refractivity contribution in [1.29, 1.82) is 0 Å². The van der Waals surface area contributed by atoms with E-state index in [2.05, 4.69) is 20.4 Å². The summed E-state index contributed by atoms with van der Waals surface area (Å²) >= 11 is 0. The fourth-order valence-corrected chi connectivity index (χ4v) is 5.61. The number of phenols is 1. The number of anilines is 1. The van der Waals surface area contributed by atoms with Crippen molar-refractivity contribution < 1.29 is 27.5 Å². The second-order valence-electron chi connectivity index (χ2n) is 11.0. The molecule has 2 aliphatic rings. The first-order valence-corrected chi connectivity index (χ1v) is 13.2. The SMILES string of the molecule is Cn1cnnc1-c1cc(F)ccc1-c1cccc(C(=O)Nc2cc(CN3CCC4(CC4)C3)cc(C(F)(F)F)c2O)c1. The van der Waals surface area contributed by atoms with Crippen LogP contribution in [-0.2, 0) is 19.8 Å². The van der Waals surface area contributed by atoms with E-state index in [4.69, 9.17) is 0 Å². The van der Waals surface area contributed by atoms with Crippen LogP contribution >= 0.6 is 0 Å². The summed E-state index contributed by atoms with van der Waals surface area (Å²) < 4.78 is 57.3. The second kappa shape index (κ2) is 9.99. The molecule has 11 heteroatoms. The lowest BCUT2D eigenvalue weighted by molar-refractivity contribution is -0.138. The number of hydrogen-bond donors (Lipinski definition) is 2. The summed E-state index contributed by atoms with van der Waals surface area (Å²) in [5, 5.41) is 20.9. The van der Waals surface area contributed by atoms with Crippen molar-refractivity contribution in [3.8, 4) is 28.3 Å². The molecule has 1 aromatic heterocycles. The number of likely N-dealkylation sites (tertiary alicyclic amines) is 1. The van der Waals surface area contributed by atoms with Crippen LogP contribution < -0.4 is 5.32 Å². The minimum atomic E-state index is -4.80. The van der Waals surface area contributed by atoms with Gasteiger partial charge in [-0.2, -0.15) is 13.2 Å². The van der Waals surface area contributed by atoms with E-state index in [-0.39, 0.29) is 11.3 Å². The third kappa shape index (κ3) is 5.41. The van der Waals surface area contributed by atoms with E-state index in [0.29, 0.717) is 40.0 Å². The smallest absolute Gasteiger partial charge is 0.420 e. The van der Waals surface area contributed by atoms with Gasteiger partial charge in [0.15, 0.2) is 11.6 Å². The molecule has 1 aliphatic carbocycles. The lowest BCUT2D eigenvalue weighted by Gasteiger charge is -2.20. The van der Waals surface area contributed by atoms with Gasteiger partial charge in [-0.05, 0) is 84.3 Å². The Kier molecular flexibility index (Phi) is 6.56. The van der Waals surface area contributed by atoms with Crippen LogP contribution in [0.5, 0.6) is 5.75 Å². The predicted molar refractivity (Wildman–Crippen MR) is 144 cm³/mol. The summed E-state index contributed by atoms with van der Waals surface area (Å²) in [7, 11) is 1.72. The number of phenolic OH excluding ortho intramolecular Hbond substituents is 1. The van der Waals surface area contributed by atoms with Crippen LogP contribution in [0.4, 0.5) is 23.2 Å². The number of alkyl halides is 3. The van der Waals surface area contributed by atoms with E-state index in [1.165, 1.54) is 30.6 Å². The van der Waals surface area contributed by atoms with E-state index in [1.54, 1.807) is 35.9 Å². The van der Waals surface area contributed by atoms with E-state index < -0.39 is 29.2 Å². The molecule has 0 radical (unpaired) electrons.